The van der Waals surface area contributed by atoms with Gasteiger partial charge in [0.25, 0.3) is 0 Å². The van der Waals surface area contributed by atoms with Crippen LogP contribution >= 0.6 is 0 Å². The van der Waals surface area contributed by atoms with Crippen LogP contribution in [0.2, 0.25) is 0 Å². The second-order valence-corrected chi connectivity index (χ2v) is 7.46. The smallest absolute Gasteiger partial charge is 0.307 e. The normalized spacial score (nSPS) is 26.4. The minimum atomic E-state index is -3.05. The zero-order valence-corrected chi connectivity index (χ0v) is 12.1. The monoisotopic (exact) mass is 277 g/mol. The van der Waals surface area contributed by atoms with Gasteiger partial charge in [0.1, 0.15) is 0 Å². The van der Waals surface area contributed by atoms with Crippen LogP contribution in [-0.4, -0.2) is 55.0 Å². The topological polar surface area (TPSA) is 74.7 Å². The van der Waals surface area contributed by atoms with Gasteiger partial charge in [0.05, 0.1) is 11.2 Å². The summed E-state index contributed by atoms with van der Waals surface area (Å²) < 4.78 is 23.5. The van der Waals surface area contributed by atoms with Crippen LogP contribution in [0.15, 0.2) is 0 Å². The Bertz CT molecular complexity index is 393. The van der Waals surface area contributed by atoms with E-state index in [-0.39, 0.29) is 11.3 Å². The van der Waals surface area contributed by atoms with Crippen molar-refractivity contribution in [3.8, 4) is 0 Å². The van der Waals surface area contributed by atoms with E-state index in [9.17, 15) is 13.2 Å². The number of nitrogens with zero attached hydrogens (tertiary/aromatic N) is 1. The summed E-state index contributed by atoms with van der Waals surface area (Å²) in [7, 11) is -3.05. The Labute approximate surface area is 109 Å². The van der Waals surface area contributed by atoms with Crippen LogP contribution in [0.1, 0.15) is 33.1 Å². The van der Waals surface area contributed by atoms with E-state index in [1.807, 2.05) is 11.8 Å². The predicted molar refractivity (Wildman–Crippen MR) is 70.3 cm³/mol. The molecule has 0 saturated heterocycles. The molecule has 1 aliphatic carbocycles. The summed E-state index contributed by atoms with van der Waals surface area (Å²) in [4.78, 5) is 12.9. The van der Waals surface area contributed by atoms with Gasteiger partial charge in [-0.3, -0.25) is 9.69 Å². The minimum Gasteiger partial charge on any atom is -0.481 e. The van der Waals surface area contributed by atoms with Gasteiger partial charge in [0.2, 0.25) is 0 Å². The number of carboxylic acids is 1. The fraction of sp³-hybridized carbons (Fsp3) is 0.917. The Morgan fingerprint density at radius 1 is 1.44 bits per heavy atom. The Hall–Kier alpha value is -0.620. The summed E-state index contributed by atoms with van der Waals surface area (Å²) in [6.07, 6.45) is 3.73. The van der Waals surface area contributed by atoms with E-state index in [0.29, 0.717) is 19.5 Å². The number of carbonyl (C=O) groups is 1. The molecular formula is C12H23NO4S. The molecule has 0 amide bonds. The average Bonchev–Trinajstić information content (AvgIpc) is 2.73. The van der Waals surface area contributed by atoms with E-state index in [1.54, 1.807) is 6.92 Å². The van der Waals surface area contributed by atoms with Gasteiger partial charge in [-0.1, -0.05) is 20.3 Å². The van der Waals surface area contributed by atoms with Gasteiger partial charge in [-0.25, -0.2) is 8.42 Å². The van der Waals surface area contributed by atoms with Gasteiger partial charge in [-0.2, -0.15) is 0 Å². The van der Waals surface area contributed by atoms with Crippen LogP contribution in [0.25, 0.3) is 0 Å². The number of aliphatic carboxylic acids is 1. The van der Waals surface area contributed by atoms with Gasteiger partial charge in [0.15, 0.2) is 9.84 Å². The maximum absolute atomic E-state index is 11.7. The summed E-state index contributed by atoms with van der Waals surface area (Å²) in [5.74, 6) is -1.30. The molecular weight excluding hydrogens is 254 g/mol. The summed E-state index contributed by atoms with van der Waals surface area (Å²) in [5, 5.41) is 8.62. The minimum absolute atomic E-state index is 0.0215. The number of carboxylic acid groups (broad SMARTS) is 1. The average molecular weight is 277 g/mol. The van der Waals surface area contributed by atoms with Gasteiger partial charge >= 0.3 is 5.97 Å². The Kier molecular flexibility index (Phi) is 5.16. The molecule has 0 spiro atoms. The van der Waals surface area contributed by atoms with Gasteiger partial charge in [-0.15, -0.1) is 0 Å². The molecule has 1 N–H and O–H groups in total. The van der Waals surface area contributed by atoms with Crippen molar-refractivity contribution in [2.24, 2.45) is 5.92 Å². The molecule has 1 saturated carbocycles. The molecule has 6 heteroatoms. The highest BCUT2D eigenvalue weighted by molar-refractivity contribution is 7.91. The van der Waals surface area contributed by atoms with Crippen molar-refractivity contribution in [3.05, 3.63) is 0 Å². The van der Waals surface area contributed by atoms with Gasteiger partial charge < -0.3 is 5.11 Å². The van der Waals surface area contributed by atoms with E-state index >= 15 is 0 Å². The van der Waals surface area contributed by atoms with E-state index in [1.165, 1.54) is 6.26 Å². The molecule has 0 bridgehead atoms. The Morgan fingerprint density at radius 3 is 2.50 bits per heavy atom. The van der Waals surface area contributed by atoms with Crippen molar-refractivity contribution in [1.29, 1.82) is 0 Å². The Morgan fingerprint density at radius 2 is 2.06 bits per heavy atom. The van der Waals surface area contributed by atoms with E-state index in [0.717, 1.165) is 12.8 Å². The highest BCUT2D eigenvalue weighted by Gasteiger charge is 2.38. The van der Waals surface area contributed by atoms with E-state index in [4.69, 9.17) is 5.11 Å². The fourth-order valence-corrected chi connectivity index (χ4v) is 4.23. The maximum Gasteiger partial charge on any atom is 0.307 e. The molecule has 0 heterocycles. The molecule has 1 rings (SSSR count). The Balaban J connectivity index is 2.78. The summed E-state index contributed by atoms with van der Waals surface area (Å²) in [6, 6.07) is -0.0215. The molecule has 1 aliphatic rings. The lowest BCUT2D eigenvalue weighted by Gasteiger charge is -2.32. The molecule has 0 aromatic heterocycles. The molecule has 1 fully saturated rings. The lowest BCUT2D eigenvalue weighted by Crippen LogP contribution is -2.46. The van der Waals surface area contributed by atoms with Crippen molar-refractivity contribution in [2.45, 2.75) is 44.4 Å². The van der Waals surface area contributed by atoms with Crippen LogP contribution in [0.5, 0.6) is 0 Å². The lowest BCUT2D eigenvalue weighted by atomic mass is 10.1. The number of hydrogen-bond acceptors (Lipinski definition) is 4. The first-order valence-corrected chi connectivity index (χ1v) is 8.38. The highest BCUT2D eigenvalue weighted by atomic mass is 32.2. The second kappa shape index (κ2) is 6.02. The maximum atomic E-state index is 11.7. The first kappa shape index (κ1) is 15.4. The predicted octanol–water partition coefficient (Wildman–Crippen LogP) is 0.995. The molecule has 0 aromatic carbocycles. The molecule has 0 aromatic rings. The summed E-state index contributed by atoms with van der Waals surface area (Å²) in [5.41, 5.74) is 0. The second-order valence-electron chi connectivity index (χ2n) is 5.19. The first-order valence-electron chi connectivity index (χ1n) is 6.43. The van der Waals surface area contributed by atoms with Gasteiger partial charge in [-0.05, 0) is 19.4 Å². The van der Waals surface area contributed by atoms with Crippen LogP contribution in [-0.2, 0) is 14.6 Å². The summed E-state index contributed by atoms with van der Waals surface area (Å²) in [6.45, 7) is 4.72. The van der Waals surface area contributed by atoms with Gasteiger partial charge in [0, 0.05) is 18.8 Å². The third kappa shape index (κ3) is 3.68. The van der Waals surface area contributed by atoms with Crippen molar-refractivity contribution in [1.82, 2.24) is 4.90 Å². The molecule has 5 nitrogen and oxygen atoms in total. The van der Waals surface area contributed by atoms with E-state index < -0.39 is 21.7 Å². The van der Waals surface area contributed by atoms with Crippen molar-refractivity contribution < 1.29 is 18.3 Å². The van der Waals surface area contributed by atoms with Crippen LogP contribution in [0.4, 0.5) is 0 Å². The molecule has 3 atom stereocenters. The van der Waals surface area contributed by atoms with Crippen LogP contribution in [0.3, 0.4) is 0 Å². The molecule has 18 heavy (non-hydrogen) atoms. The molecule has 3 unspecified atom stereocenters. The fourth-order valence-electron chi connectivity index (χ4n) is 2.75. The largest absolute Gasteiger partial charge is 0.481 e. The third-order valence-electron chi connectivity index (χ3n) is 3.77. The number of sulfone groups is 1. The quantitative estimate of drug-likeness (QED) is 0.784. The zero-order chi connectivity index (χ0) is 13.9. The zero-order valence-electron chi connectivity index (χ0n) is 11.3. The molecule has 0 radical (unpaired) electrons. The SMILES string of the molecule is CCN(CC(C)C(=O)O)C1CCCC1S(C)(=O)=O. The van der Waals surface area contributed by atoms with Crippen molar-refractivity contribution in [3.63, 3.8) is 0 Å². The number of hydrogen-bond donors (Lipinski definition) is 1. The van der Waals surface area contributed by atoms with E-state index in [2.05, 4.69) is 0 Å². The van der Waals surface area contributed by atoms with Crippen molar-refractivity contribution >= 4 is 15.8 Å². The standard InChI is InChI=1S/C12H23NO4S/c1-4-13(8-9(2)12(14)15)10-6-5-7-11(10)18(3,16)17/h9-11H,4-8H2,1-3H3,(H,14,15). The highest BCUT2D eigenvalue weighted by Crippen LogP contribution is 2.29. The van der Waals surface area contributed by atoms with Crippen LogP contribution < -0.4 is 0 Å². The number of rotatable bonds is 6. The lowest BCUT2D eigenvalue weighted by molar-refractivity contribution is -0.141. The third-order valence-corrected chi connectivity index (χ3v) is 5.42. The summed E-state index contributed by atoms with van der Waals surface area (Å²) >= 11 is 0. The van der Waals surface area contributed by atoms with Crippen molar-refractivity contribution in [2.75, 3.05) is 19.3 Å². The molecule has 106 valence electrons. The molecule has 0 aliphatic heterocycles. The van der Waals surface area contributed by atoms with Crippen LogP contribution in [0, 0.1) is 5.92 Å². The first-order chi connectivity index (χ1) is 8.27.